The van der Waals surface area contributed by atoms with Gasteiger partial charge < -0.3 is 15.1 Å². The lowest BCUT2D eigenvalue weighted by Crippen LogP contribution is -2.38. The molecule has 7 heteroatoms. The second-order valence-electron chi connectivity index (χ2n) is 9.30. The van der Waals surface area contributed by atoms with Crippen LogP contribution in [0.1, 0.15) is 55.3 Å². The number of nitrogens with zero attached hydrogens (tertiary/aromatic N) is 2. The second kappa shape index (κ2) is 11.1. The molecule has 0 fully saturated rings. The van der Waals surface area contributed by atoms with Crippen LogP contribution in [0.15, 0.2) is 52.3 Å². The highest BCUT2D eigenvalue weighted by molar-refractivity contribution is 7.85. The maximum absolute atomic E-state index is 13.3. The van der Waals surface area contributed by atoms with Gasteiger partial charge in [0.2, 0.25) is 0 Å². The van der Waals surface area contributed by atoms with Crippen molar-refractivity contribution in [2.24, 2.45) is 11.8 Å². The first-order valence-electron chi connectivity index (χ1n) is 11.7. The topological polar surface area (TPSA) is 69.7 Å². The van der Waals surface area contributed by atoms with Gasteiger partial charge in [0.05, 0.1) is 31.8 Å². The number of carbonyl (C=O) groups is 2. The van der Waals surface area contributed by atoms with E-state index in [0.717, 1.165) is 19.6 Å². The van der Waals surface area contributed by atoms with Crippen LogP contribution in [0.25, 0.3) is 0 Å². The minimum absolute atomic E-state index is 0.192. The summed E-state index contributed by atoms with van der Waals surface area (Å²) in [5.41, 5.74) is 1.43. The van der Waals surface area contributed by atoms with E-state index in [9.17, 15) is 13.8 Å². The zero-order chi connectivity index (χ0) is 24.1. The molecule has 6 nitrogen and oxygen atoms in total. The standard InChI is InChI=1S/C26H35N3O3S/c1-6-29-22-15-20(25(30)27-13-14-28(16-18(2)3)17-19(4)5)11-12-24(22)33(32)23-10-8-7-9-21(23)26(29)31/h7-12,15,18-19H,6,13-14,16-17H2,1-5H3,(H,27,30)/t33-/m0/s1. The SMILES string of the molecule is CCN1C(=O)c2ccccc2[S@](=O)c2ccc(C(=O)NCCN(CC(C)C)CC(C)C)cc21. The Bertz CT molecular complexity index is 1030. The van der Waals surface area contributed by atoms with Gasteiger partial charge in [-0.1, -0.05) is 39.8 Å². The highest BCUT2D eigenvalue weighted by Crippen LogP contribution is 2.35. The third-order valence-corrected chi connectivity index (χ3v) is 7.05. The summed E-state index contributed by atoms with van der Waals surface area (Å²) in [7, 11) is -1.50. The predicted molar refractivity (Wildman–Crippen MR) is 133 cm³/mol. The molecule has 0 bridgehead atoms. The van der Waals surface area contributed by atoms with Crippen molar-refractivity contribution in [2.75, 3.05) is 37.6 Å². The van der Waals surface area contributed by atoms with E-state index in [4.69, 9.17) is 0 Å². The summed E-state index contributed by atoms with van der Waals surface area (Å²) in [4.78, 5) is 31.1. The van der Waals surface area contributed by atoms with E-state index in [1.165, 1.54) is 0 Å². The molecule has 2 amide bonds. The Morgan fingerprint density at radius 2 is 1.70 bits per heavy atom. The van der Waals surface area contributed by atoms with Gasteiger partial charge in [-0.3, -0.25) is 9.59 Å². The van der Waals surface area contributed by atoms with E-state index in [-0.39, 0.29) is 11.8 Å². The number of rotatable bonds is 9. The fraction of sp³-hybridized carbons (Fsp3) is 0.462. The third kappa shape index (κ3) is 5.89. The Hall–Kier alpha value is -2.51. The van der Waals surface area contributed by atoms with Crippen LogP contribution in [0.5, 0.6) is 0 Å². The highest BCUT2D eigenvalue weighted by atomic mass is 32.2. The number of anilines is 1. The molecule has 178 valence electrons. The number of nitrogens with one attached hydrogen (secondary N) is 1. The molecule has 33 heavy (non-hydrogen) atoms. The molecule has 0 aromatic heterocycles. The molecule has 0 saturated carbocycles. The van der Waals surface area contributed by atoms with Crippen molar-refractivity contribution < 1.29 is 13.8 Å². The predicted octanol–water partition coefficient (Wildman–Crippen LogP) is 4.18. The monoisotopic (exact) mass is 469 g/mol. The summed E-state index contributed by atoms with van der Waals surface area (Å²) in [5, 5.41) is 3.01. The number of hydrogen-bond donors (Lipinski definition) is 1. The molecule has 0 unspecified atom stereocenters. The minimum atomic E-state index is -1.50. The van der Waals surface area contributed by atoms with Gasteiger partial charge in [0.1, 0.15) is 0 Å². The molecule has 1 aliphatic rings. The fourth-order valence-corrected chi connectivity index (χ4v) is 5.58. The first kappa shape index (κ1) is 25.1. The quantitative estimate of drug-likeness (QED) is 0.598. The molecule has 1 atom stereocenters. The zero-order valence-electron chi connectivity index (χ0n) is 20.3. The van der Waals surface area contributed by atoms with Crippen molar-refractivity contribution in [3.05, 3.63) is 53.6 Å². The van der Waals surface area contributed by atoms with Crippen LogP contribution < -0.4 is 10.2 Å². The van der Waals surface area contributed by atoms with Crippen molar-refractivity contribution in [2.45, 2.75) is 44.4 Å². The smallest absolute Gasteiger partial charge is 0.259 e. The van der Waals surface area contributed by atoms with Gasteiger partial charge in [-0.05, 0) is 49.1 Å². The molecule has 1 N–H and O–H groups in total. The number of hydrogen-bond acceptors (Lipinski definition) is 4. The van der Waals surface area contributed by atoms with Crippen molar-refractivity contribution in [3.8, 4) is 0 Å². The van der Waals surface area contributed by atoms with Crippen LogP contribution >= 0.6 is 0 Å². The molecule has 0 radical (unpaired) electrons. The van der Waals surface area contributed by atoms with Crippen LogP contribution in [-0.4, -0.2) is 53.6 Å². The molecule has 1 aliphatic heterocycles. The van der Waals surface area contributed by atoms with Gasteiger partial charge in [-0.2, -0.15) is 0 Å². The Morgan fingerprint density at radius 1 is 1.03 bits per heavy atom. The summed E-state index contributed by atoms with van der Waals surface area (Å²) in [6.45, 7) is 14.4. The maximum atomic E-state index is 13.3. The molecule has 0 spiro atoms. The summed E-state index contributed by atoms with van der Waals surface area (Å²) >= 11 is 0. The Morgan fingerprint density at radius 3 is 2.33 bits per heavy atom. The van der Waals surface area contributed by atoms with Crippen LogP contribution in [0, 0.1) is 11.8 Å². The zero-order valence-corrected chi connectivity index (χ0v) is 21.1. The highest BCUT2D eigenvalue weighted by Gasteiger charge is 2.30. The summed E-state index contributed by atoms with van der Waals surface area (Å²) < 4.78 is 13.3. The van der Waals surface area contributed by atoms with Crippen LogP contribution in [0.4, 0.5) is 5.69 Å². The van der Waals surface area contributed by atoms with E-state index in [1.807, 2.05) is 6.92 Å². The first-order valence-corrected chi connectivity index (χ1v) is 12.8. The summed E-state index contributed by atoms with van der Waals surface area (Å²) in [5.74, 6) is 0.733. The molecule has 0 aliphatic carbocycles. The molecule has 2 aromatic rings. The molecule has 0 saturated heterocycles. The van der Waals surface area contributed by atoms with Crippen molar-refractivity contribution >= 4 is 28.3 Å². The molecule has 1 heterocycles. The largest absolute Gasteiger partial charge is 0.351 e. The average Bonchev–Trinajstić information content (AvgIpc) is 2.86. The van der Waals surface area contributed by atoms with Gasteiger partial charge in [-0.25, -0.2) is 4.21 Å². The molecular weight excluding hydrogens is 434 g/mol. The summed E-state index contributed by atoms with van der Waals surface area (Å²) in [6, 6.07) is 12.1. The van der Waals surface area contributed by atoms with Crippen LogP contribution in [0.2, 0.25) is 0 Å². The minimum Gasteiger partial charge on any atom is -0.351 e. The van der Waals surface area contributed by atoms with Gasteiger partial charge >= 0.3 is 0 Å². The summed E-state index contributed by atoms with van der Waals surface area (Å²) in [6.07, 6.45) is 0. The lowest BCUT2D eigenvalue weighted by atomic mass is 10.1. The number of carbonyl (C=O) groups excluding carboxylic acids is 2. The van der Waals surface area contributed by atoms with E-state index in [2.05, 4.69) is 37.9 Å². The van der Waals surface area contributed by atoms with Crippen molar-refractivity contribution in [1.82, 2.24) is 10.2 Å². The van der Waals surface area contributed by atoms with Gasteiger partial charge in [-0.15, -0.1) is 0 Å². The third-order valence-electron chi connectivity index (χ3n) is 5.55. The Kier molecular flexibility index (Phi) is 8.43. The van der Waals surface area contributed by atoms with Crippen molar-refractivity contribution in [3.63, 3.8) is 0 Å². The van der Waals surface area contributed by atoms with Crippen molar-refractivity contribution in [1.29, 1.82) is 0 Å². The van der Waals surface area contributed by atoms with E-state index in [0.29, 0.717) is 51.5 Å². The number of amides is 2. The normalized spacial score (nSPS) is 15.6. The van der Waals surface area contributed by atoms with E-state index in [1.54, 1.807) is 47.4 Å². The van der Waals surface area contributed by atoms with Gasteiger partial charge in [0.15, 0.2) is 0 Å². The average molecular weight is 470 g/mol. The maximum Gasteiger partial charge on any atom is 0.259 e. The number of benzene rings is 2. The molecule has 2 aromatic carbocycles. The lowest BCUT2D eigenvalue weighted by molar-refractivity contribution is 0.0943. The van der Waals surface area contributed by atoms with E-state index < -0.39 is 10.8 Å². The van der Waals surface area contributed by atoms with E-state index >= 15 is 0 Å². The lowest BCUT2D eigenvalue weighted by Gasteiger charge is -2.26. The molecule has 3 rings (SSSR count). The van der Waals surface area contributed by atoms with Crippen LogP contribution in [0.3, 0.4) is 0 Å². The Labute approximate surface area is 199 Å². The molecular formula is C26H35N3O3S. The van der Waals surface area contributed by atoms with Gasteiger partial charge in [0.25, 0.3) is 11.8 Å². The van der Waals surface area contributed by atoms with Gasteiger partial charge in [0, 0.05) is 38.3 Å². The Balaban J connectivity index is 1.79. The first-order chi connectivity index (χ1) is 15.7. The second-order valence-corrected chi connectivity index (χ2v) is 10.7. The van der Waals surface area contributed by atoms with Crippen LogP contribution in [-0.2, 0) is 10.8 Å². The number of fused-ring (bicyclic) bond motifs is 2. The fourth-order valence-electron chi connectivity index (χ4n) is 4.24.